The smallest absolute Gasteiger partial charge is 0.182 e. The van der Waals surface area contributed by atoms with Crippen molar-refractivity contribution in [2.24, 2.45) is 15.7 Å². The van der Waals surface area contributed by atoms with Gasteiger partial charge in [0.2, 0.25) is 0 Å². The molecule has 1 aromatic heterocycles. The summed E-state index contributed by atoms with van der Waals surface area (Å²) in [5.41, 5.74) is 7.74. The van der Waals surface area contributed by atoms with Gasteiger partial charge >= 0.3 is 0 Å². The normalized spacial score (nSPS) is 12.1. The van der Waals surface area contributed by atoms with Crippen molar-refractivity contribution >= 4 is 35.1 Å². The summed E-state index contributed by atoms with van der Waals surface area (Å²) >= 11 is 5.65. The molecule has 2 rings (SSSR count). The molecule has 20 heavy (non-hydrogen) atoms. The number of aliphatic imine (C=N–C) groups is 2. The molecule has 1 aromatic carbocycles. The van der Waals surface area contributed by atoms with Crippen LogP contribution in [0, 0.1) is 5.82 Å². The third-order valence-corrected chi connectivity index (χ3v) is 2.53. The second-order valence-corrected chi connectivity index (χ2v) is 3.90. The number of benzene rings is 1. The molecule has 7 nitrogen and oxygen atoms in total. The summed E-state index contributed by atoms with van der Waals surface area (Å²) in [7, 11) is 0. The highest BCUT2D eigenvalue weighted by Crippen LogP contribution is 2.23. The summed E-state index contributed by atoms with van der Waals surface area (Å²) in [6, 6.07) is 3.82. The van der Waals surface area contributed by atoms with Crippen molar-refractivity contribution < 1.29 is 14.1 Å². The Kier molecular flexibility index (Phi) is 4.28. The van der Waals surface area contributed by atoms with Gasteiger partial charge < -0.3 is 10.3 Å². The lowest BCUT2D eigenvalue weighted by Gasteiger charge is -2.02. The number of aromatic nitrogens is 1. The highest BCUT2D eigenvalue weighted by atomic mass is 35.5. The Labute approximate surface area is 117 Å². The lowest BCUT2D eigenvalue weighted by Crippen LogP contribution is -2.20. The Hall–Kier alpha value is -2.45. The van der Waals surface area contributed by atoms with E-state index >= 15 is 0 Å². The molecule has 0 aliphatic rings. The van der Waals surface area contributed by atoms with Gasteiger partial charge in [0, 0.05) is 0 Å². The van der Waals surface area contributed by atoms with Crippen molar-refractivity contribution in [1.29, 1.82) is 0 Å². The van der Waals surface area contributed by atoms with Gasteiger partial charge in [0.25, 0.3) is 0 Å². The molecule has 1 heterocycles. The monoisotopic (exact) mass is 297 g/mol. The summed E-state index contributed by atoms with van der Waals surface area (Å²) in [4.78, 5) is 7.82. The van der Waals surface area contributed by atoms with Crippen LogP contribution in [0.25, 0.3) is 0 Å². The molecule has 0 aliphatic heterocycles. The fourth-order valence-corrected chi connectivity index (χ4v) is 1.56. The summed E-state index contributed by atoms with van der Waals surface area (Å²) in [6.07, 6.45) is 2.27. The quantitative estimate of drug-likeness (QED) is 0.457. The van der Waals surface area contributed by atoms with E-state index in [1.807, 2.05) is 5.48 Å². The van der Waals surface area contributed by atoms with Crippen molar-refractivity contribution in [1.82, 2.24) is 10.6 Å². The highest BCUT2D eigenvalue weighted by Gasteiger charge is 2.14. The van der Waals surface area contributed by atoms with E-state index in [0.29, 0.717) is 5.69 Å². The molecule has 2 aromatic rings. The van der Waals surface area contributed by atoms with Gasteiger partial charge in [0.05, 0.1) is 17.0 Å². The van der Waals surface area contributed by atoms with Crippen molar-refractivity contribution in [2.45, 2.75) is 0 Å². The first-order valence-electron chi connectivity index (χ1n) is 5.28. The fraction of sp³-hybridized carbons (Fsp3) is 0. The first kappa shape index (κ1) is 14.0. The van der Waals surface area contributed by atoms with Gasteiger partial charge in [-0.15, -0.1) is 0 Å². The van der Waals surface area contributed by atoms with E-state index in [1.54, 1.807) is 0 Å². The molecule has 0 saturated heterocycles. The Balaban J connectivity index is 2.42. The average Bonchev–Trinajstić information content (AvgIpc) is 2.88. The maximum absolute atomic E-state index is 13.1. The largest absolute Gasteiger partial charge is 0.390 e. The molecule has 0 saturated carbocycles. The number of nitrogens with two attached hydrogens (primary N) is 1. The number of rotatable bonds is 3. The predicted molar refractivity (Wildman–Crippen MR) is 71.4 cm³/mol. The molecule has 0 aliphatic carbocycles. The lowest BCUT2D eigenvalue weighted by molar-refractivity contribution is 0.234. The molecule has 0 atom stereocenters. The first-order chi connectivity index (χ1) is 9.65. The zero-order valence-electron chi connectivity index (χ0n) is 9.92. The lowest BCUT2D eigenvalue weighted by atomic mass is 10.3. The van der Waals surface area contributed by atoms with Crippen molar-refractivity contribution in [3.8, 4) is 0 Å². The van der Waals surface area contributed by atoms with Gasteiger partial charge in [0.1, 0.15) is 17.8 Å². The molecule has 0 fully saturated rings. The van der Waals surface area contributed by atoms with Crippen LogP contribution >= 0.6 is 11.6 Å². The van der Waals surface area contributed by atoms with Crippen LogP contribution in [0.5, 0.6) is 0 Å². The zero-order chi connectivity index (χ0) is 14.5. The molecule has 4 N–H and O–H groups in total. The topological polar surface area (TPSA) is 109 Å². The maximum atomic E-state index is 13.1. The van der Waals surface area contributed by atoms with Gasteiger partial charge in [-0.05, 0) is 18.2 Å². The van der Waals surface area contributed by atoms with E-state index in [1.165, 1.54) is 18.4 Å². The van der Waals surface area contributed by atoms with Gasteiger partial charge in [-0.1, -0.05) is 16.8 Å². The summed E-state index contributed by atoms with van der Waals surface area (Å²) in [5.74, 6) is -0.624. The van der Waals surface area contributed by atoms with Crippen LogP contribution in [0.4, 0.5) is 15.8 Å². The van der Waals surface area contributed by atoms with Crippen molar-refractivity contribution in [3.05, 3.63) is 41.0 Å². The van der Waals surface area contributed by atoms with E-state index in [0.717, 1.165) is 12.4 Å². The van der Waals surface area contributed by atoms with Gasteiger partial charge in [-0.25, -0.2) is 14.4 Å². The van der Waals surface area contributed by atoms with E-state index in [9.17, 15) is 4.39 Å². The fourth-order valence-electron chi connectivity index (χ4n) is 1.38. The average molecular weight is 298 g/mol. The van der Waals surface area contributed by atoms with Crippen molar-refractivity contribution in [2.75, 3.05) is 0 Å². The Bertz CT molecular complexity index is 671. The third kappa shape index (κ3) is 2.92. The molecular weight excluding hydrogens is 289 g/mol. The molecule has 0 bridgehead atoms. The Morgan fingerprint density at radius 1 is 1.55 bits per heavy atom. The summed E-state index contributed by atoms with van der Waals surface area (Å²) in [5, 5.41) is 12.7. The predicted octanol–water partition coefficient (Wildman–Crippen LogP) is 2.14. The molecule has 0 spiro atoms. The van der Waals surface area contributed by atoms with Crippen molar-refractivity contribution in [3.63, 3.8) is 0 Å². The molecule has 104 valence electrons. The number of amidine groups is 1. The minimum absolute atomic E-state index is 0.0537. The zero-order valence-corrected chi connectivity index (χ0v) is 10.7. The van der Waals surface area contributed by atoms with Gasteiger partial charge in [0.15, 0.2) is 11.5 Å². The molecule has 9 heteroatoms. The third-order valence-electron chi connectivity index (χ3n) is 2.24. The van der Waals surface area contributed by atoms with E-state index in [2.05, 4.69) is 15.1 Å². The standard InChI is InChI=1S/C11H9ClFN5O2/c12-7-3-6(1-2-8(7)13)16-11(17-19)10-9(15-5-14)4-20-18-10/h1-5,19H,(H2,14,15)(H,16,17). The molecular formula is C11H9ClFN5O2. The van der Waals surface area contributed by atoms with E-state index in [4.69, 9.17) is 27.1 Å². The second kappa shape index (κ2) is 6.13. The van der Waals surface area contributed by atoms with Crippen LogP contribution in [-0.4, -0.2) is 22.5 Å². The molecule has 0 radical (unpaired) electrons. The summed E-state index contributed by atoms with van der Waals surface area (Å²) in [6.45, 7) is 0. The summed E-state index contributed by atoms with van der Waals surface area (Å²) < 4.78 is 17.8. The number of nitrogens with zero attached hydrogens (tertiary/aromatic N) is 3. The van der Waals surface area contributed by atoms with Crippen LogP contribution in [0.2, 0.25) is 5.02 Å². The minimum atomic E-state index is -0.570. The minimum Gasteiger partial charge on any atom is -0.390 e. The van der Waals surface area contributed by atoms with Gasteiger partial charge in [-0.2, -0.15) is 0 Å². The number of hydrogen-bond acceptors (Lipinski definition) is 5. The number of nitrogens with one attached hydrogen (secondary N) is 1. The van der Waals surface area contributed by atoms with Crippen LogP contribution in [0.3, 0.4) is 0 Å². The molecule has 0 amide bonds. The first-order valence-corrected chi connectivity index (χ1v) is 5.66. The Morgan fingerprint density at radius 3 is 3.00 bits per heavy atom. The van der Waals surface area contributed by atoms with Crippen LogP contribution in [0.15, 0.2) is 39.0 Å². The highest BCUT2D eigenvalue weighted by molar-refractivity contribution is 6.31. The van der Waals surface area contributed by atoms with Crippen LogP contribution in [0.1, 0.15) is 5.69 Å². The SMILES string of the molecule is NC=Nc1conc1C(=Nc1ccc(F)c(Cl)c1)NO. The molecule has 0 unspecified atom stereocenters. The van der Waals surface area contributed by atoms with Crippen LogP contribution < -0.4 is 11.2 Å². The second-order valence-electron chi connectivity index (χ2n) is 3.50. The van der Waals surface area contributed by atoms with E-state index < -0.39 is 5.82 Å². The van der Waals surface area contributed by atoms with E-state index in [-0.39, 0.29) is 22.2 Å². The number of halogens is 2. The van der Waals surface area contributed by atoms with Crippen LogP contribution in [-0.2, 0) is 0 Å². The maximum Gasteiger partial charge on any atom is 0.182 e. The Morgan fingerprint density at radius 2 is 2.35 bits per heavy atom. The van der Waals surface area contributed by atoms with Gasteiger partial charge in [-0.3, -0.25) is 10.7 Å². The number of hydrogen-bond donors (Lipinski definition) is 3. The number of hydroxylamine groups is 1.